The number of sulfonamides is 1. The van der Waals surface area contributed by atoms with Crippen LogP contribution in [0.15, 0.2) is 58.4 Å². The molecule has 3 aromatic carbocycles. The van der Waals surface area contributed by atoms with E-state index in [1.807, 2.05) is 76.2 Å². The Morgan fingerprint density at radius 3 is 2.31 bits per heavy atom. The highest BCUT2D eigenvalue weighted by Crippen LogP contribution is 2.45. The Bertz CT molecular complexity index is 1790. The summed E-state index contributed by atoms with van der Waals surface area (Å²) in [6.45, 7) is 9.95. The molecule has 0 bridgehead atoms. The molecule has 12 heteroatoms. The van der Waals surface area contributed by atoms with Crippen LogP contribution in [0, 0.1) is 20.8 Å². The van der Waals surface area contributed by atoms with E-state index in [-0.39, 0.29) is 29.4 Å². The molecule has 0 fully saturated rings. The van der Waals surface area contributed by atoms with Crippen molar-refractivity contribution in [2.75, 3.05) is 13.2 Å². The fraction of sp³-hybridized carbons (Fsp3) is 0.417. The monoisotopic (exact) mass is 676 g/mol. The van der Waals surface area contributed by atoms with Crippen LogP contribution in [0.5, 0.6) is 5.75 Å². The molecular weight excluding hydrogens is 632 g/mol. The van der Waals surface area contributed by atoms with Crippen molar-refractivity contribution in [3.05, 3.63) is 81.9 Å². The number of rotatable bonds is 13. The topological polar surface area (TPSA) is 155 Å². The Morgan fingerprint density at radius 1 is 1.02 bits per heavy atom. The van der Waals surface area contributed by atoms with Gasteiger partial charge in [0, 0.05) is 12.5 Å². The van der Waals surface area contributed by atoms with Crippen molar-refractivity contribution >= 4 is 28.4 Å². The number of hydrogen-bond acceptors (Lipinski definition) is 7. The molecule has 5 rings (SSSR count). The molecule has 0 saturated heterocycles. The Hall–Kier alpha value is -4.42. The lowest BCUT2D eigenvalue weighted by Gasteiger charge is -2.35. The smallest absolute Gasteiger partial charge is 0.407 e. The van der Waals surface area contributed by atoms with Crippen LogP contribution in [-0.4, -0.2) is 56.7 Å². The summed E-state index contributed by atoms with van der Waals surface area (Å²) >= 11 is 0. The van der Waals surface area contributed by atoms with Gasteiger partial charge in [0.2, 0.25) is 0 Å². The van der Waals surface area contributed by atoms with E-state index in [0.29, 0.717) is 30.5 Å². The number of aliphatic imine (C=N–C) groups is 1. The molecule has 3 aromatic rings. The summed E-state index contributed by atoms with van der Waals surface area (Å²) in [6.07, 6.45) is 3.19. The molecule has 0 aromatic heterocycles. The molecule has 256 valence electrons. The number of nitrogens with one attached hydrogen (secondary N) is 3. The minimum absolute atomic E-state index is 0.0929. The number of aliphatic carboxylic acids is 1. The number of hydrazine groups is 1. The number of ether oxygens (including phenoxy) is 2. The molecule has 4 N–H and O–H groups in total. The zero-order chi connectivity index (χ0) is 34.6. The number of carbonyl (C=O) groups excluding carboxylic acids is 1. The Balaban J connectivity index is 1.06. The fourth-order valence-electron chi connectivity index (χ4n) is 6.61. The number of alkyl carbamates (subject to hydrolysis) is 1. The molecule has 1 atom stereocenters. The Morgan fingerprint density at radius 2 is 1.67 bits per heavy atom. The average molecular weight is 677 g/mol. The number of amides is 1. The molecule has 0 saturated carbocycles. The van der Waals surface area contributed by atoms with Gasteiger partial charge in [-0.25, -0.2) is 18.0 Å². The molecule has 1 heterocycles. The first kappa shape index (κ1) is 34.9. The summed E-state index contributed by atoms with van der Waals surface area (Å²) in [7, 11) is -3.90. The van der Waals surface area contributed by atoms with Gasteiger partial charge in [0.15, 0.2) is 0 Å². The van der Waals surface area contributed by atoms with E-state index in [1.165, 1.54) is 6.34 Å². The predicted octanol–water partition coefficient (Wildman–Crippen LogP) is 5.69. The van der Waals surface area contributed by atoms with E-state index in [4.69, 9.17) is 9.47 Å². The second-order valence-electron chi connectivity index (χ2n) is 13.0. The van der Waals surface area contributed by atoms with Gasteiger partial charge in [0.1, 0.15) is 24.0 Å². The van der Waals surface area contributed by atoms with Gasteiger partial charge in [-0.2, -0.15) is 0 Å². The third-order valence-electron chi connectivity index (χ3n) is 9.25. The fourth-order valence-corrected chi connectivity index (χ4v) is 8.00. The number of fused-ring (bicyclic) bond motifs is 4. The minimum atomic E-state index is -3.90. The molecule has 1 aliphatic heterocycles. The first-order valence-electron chi connectivity index (χ1n) is 16.2. The lowest BCUT2D eigenvalue weighted by Crippen LogP contribution is -2.41. The second-order valence-corrected chi connectivity index (χ2v) is 14.6. The van der Waals surface area contributed by atoms with Crippen LogP contribution >= 0.6 is 0 Å². The minimum Gasteiger partial charge on any atom is -0.487 e. The third-order valence-corrected chi connectivity index (χ3v) is 10.8. The molecule has 1 unspecified atom stereocenters. The molecule has 0 spiro atoms. The maximum atomic E-state index is 13.3. The van der Waals surface area contributed by atoms with Crippen LogP contribution in [-0.2, 0) is 26.0 Å². The zero-order valence-electron chi connectivity index (χ0n) is 28.1. The van der Waals surface area contributed by atoms with Crippen LogP contribution in [0.4, 0.5) is 4.79 Å². The van der Waals surface area contributed by atoms with E-state index in [9.17, 15) is 23.1 Å². The number of nitrogens with zero attached hydrogens (tertiary/aromatic N) is 1. The van der Waals surface area contributed by atoms with Gasteiger partial charge in [-0.05, 0) is 111 Å². The van der Waals surface area contributed by atoms with E-state index >= 15 is 0 Å². The van der Waals surface area contributed by atoms with Crippen molar-refractivity contribution in [2.45, 2.75) is 89.2 Å². The summed E-state index contributed by atoms with van der Waals surface area (Å²) in [4.78, 5) is 31.2. The van der Waals surface area contributed by atoms with Crippen LogP contribution in [0.2, 0.25) is 0 Å². The van der Waals surface area contributed by atoms with Gasteiger partial charge in [-0.1, -0.05) is 48.5 Å². The number of carboxylic acids is 1. The largest absolute Gasteiger partial charge is 0.487 e. The molecule has 2 aliphatic rings. The van der Waals surface area contributed by atoms with Gasteiger partial charge < -0.3 is 19.9 Å². The lowest BCUT2D eigenvalue weighted by atomic mass is 9.88. The van der Waals surface area contributed by atoms with E-state index in [0.717, 1.165) is 52.0 Å². The summed E-state index contributed by atoms with van der Waals surface area (Å²) in [6, 6.07) is 14.9. The van der Waals surface area contributed by atoms with Crippen molar-refractivity contribution in [3.8, 4) is 16.9 Å². The molecule has 0 radical (unpaired) electrons. The highest BCUT2D eigenvalue weighted by molar-refractivity contribution is 7.89. The average Bonchev–Trinajstić information content (AvgIpc) is 3.36. The summed E-state index contributed by atoms with van der Waals surface area (Å²) < 4.78 is 38.2. The number of unbranched alkanes of at least 4 members (excludes halogenated alkanes) is 1. The first-order chi connectivity index (χ1) is 22.8. The van der Waals surface area contributed by atoms with Crippen molar-refractivity contribution < 1.29 is 32.6 Å². The maximum absolute atomic E-state index is 13.3. The quantitative estimate of drug-likeness (QED) is 0.0779. The normalized spacial score (nSPS) is 15.6. The van der Waals surface area contributed by atoms with E-state index < -0.39 is 28.1 Å². The van der Waals surface area contributed by atoms with E-state index in [2.05, 4.69) is 20.6 Å². The lowest BCUT2D eigenvalue weighted by molar-refractivity contribution is -0.139. The Kier molecular flexibility index (Phi) is 10.4. The van der Waals surface area contributed by atoms with Crippen molar-refractivity contribution in [1.29, 1.82) is 0 Å². The van der Waals surface area contributed by atoms with Crippen LogP contribution in [0.25, 0.3) is 11.1 Å². The number of benzene rings is 3. The third kappa shape index (κ3) is 7.50. The standard InChI is InChI=1S/C36H44N4O7S/c1-22-23(2)33(24(3)25-17-18-36(4,5)47-32(22)25)48(44,45)40-38-21-37-19-11-10-16-31(34(41)42)39-35(43)46-20-30-28-14-8-6-12-26(28)27-13-7-9-15-29(27)30/h6-9,12-15,21,30-31,40H,10-11,16-20H2,1-5H3,(H,37,38)(H,39,43)(H,41,42). The maximum Gasteiger partial charge on any atom is 0.407 e. The number of hydrogen-bond donors (Lipinski definition) is 4. The van der Waals surface area contributed by atoms with Crippen molar-refractivity contribution in [3.63, 3.8) is 0 Å². The Labute approximate surface area is 282 Å². The summed E-state index contributed by atoms with van der Waals surface area (Å²) in [5, 5.41) is 12.1. The van der Waals surface area contributed by atoms with E-state index in [1.54, 1.807) is 6.92 Å². The summed E-state index contributed by atoms with van der Waals surface area (Å²) in [5.41, 5.74) is 9.64. The molecule has 1 aliphatic carbocycles. The number of carbonyl (C=O) groups is 2. The summed E-state index contributed by atoms with van der Waals surface area (Å²) in [5.74, 6) is -0.505. The van der Waals surface area contributed by atoms with Crippen molar-refractivity contribution in [1.82, 2.24) is 15.6 Å². The van der Waals surface area contributed by atoms with Crippen LogP contribution in [0.1, 0.15) is 78.8 Å². The van der Waals surface area contributed by atoms with Crippen LogP contribution < -0.4 is 20.3 Å². The SMILES string of the molecule is Cc1c(C)c(S(=O)(=O)NNC=NCCCCC(NC(=O)OCC2c3ccccc3-c3ccccc32)C(=O)O)c(C)c2c1OC(C)(C)CC2. The van der Waals surface area contributed by atoms with Gasteiger partial charge in [0.05, 0.1) is 11.2 Å². The molecule has 11 nitrogen and oxygen atoms in total. The molecule has 48 heavy (non-hydrogen) atoms. The van der Waals surface area contributed by atoms with Gasteiger partial charge in [-0.15, -0.1) is 4.83 Å². The molecule has 1 amide bonds. The highest BCUT2D eigenvalue weighted by atomic mass is 32.2. The van der Waals surface area contributed by atoms with Crippen LogP contribution in [0.3, 0.4) is 0 Å². The van der Waals surface area contributed by atoms with Crippen molar-refractivity contribution in [2.24, 2.45) is 4.99 Å². The van der Waals surface area contributed by atoms with Gasteiger partial charge >= 0.3 is 12.1 Å². The highest BCUT2D eigenvalue weighted by Gasteiger charge is 2.34. The zero-order valence-corrected chi connectivity index (χ0v) is 28.9. The number of carboxylic acid groups (broad SMARTS) is 1. The molecular formula is C36H44N4O7S. The predicted molar refractivity (Wildman–Crippen MR) is 184 cm³/mol. The van der Waals surface area contributed by atoms with Gasteiger partial charge in [-0.3, -0.25) is 10.4 Å². The first-order valence-corrected chi connectivity index (χ1v) is 17.7. The van der Waals surface area contributed by atoms with Gasteiger partial charge in [0.25, 0.3) is 10.0 Å². The second kappa shape index (κ2) is 14.4.